The number of nitrogens with one attached hydrogen (secondary N) is 2. The Balaban J connectivity index is 0.00000196. The fraction of sp³-hybridized carbons (Fsp3) is 0.467. The Morgan fingerprint density at radius 1 is 1.16 bits per heavy atom. The van der Waals surface area contributed by atoms with Crippen molar-refractivity contribution in [1.82, 2.24) is 19.7 Å². The predicted octanol–water partition coefficient (Wildman–Crippen LogP) is 5.61. The highest BCUT2D eigenvalue weighted by Gasteiger charge is 2.27. The summed E-state index contributed by atoms with van der Waals surface area (Å²) in [7, 11) is 1.93. The van der Waals surface area contributed by atoms with Crippen LogP contribution in [0.2, 0.25) is 0 Å². The SMILES string of the molecule is Cc1ncc(NC(=O)CN2CCC[C@H](C)C2)cc1NC(=O)C1=CC2=C(CCC(c3cnn(C)c3)=C2)CC1C.[HH].[HH].[HH]. The molecule has 2 aromatic rings. The van der Waals surface area contributed by atoms with Crippen molar-refractivity contribution in [2.24, 2.45) is 18.9 Å². The van der Waals surface area contributed by atoms with Crippen molar-refractivity contribution < 1.29 is 13.9 Å². The van der Waals surface area contributed by atoms with Gasteiger partial charge in [0.25, 0.3) is 5.91 Å². The lowest BCUT2D eigenvalue weighted by Crippen LogP contribution is -2.39. The van der Waals surface area contributed by atoms with Gasteiger partial charge in [0, 0.05) is 35.2 Å². The lowest BCUT2D eigenvalue weighted by molar-refractivity contribution is -0.117. The Bertz CT molecular complexity index is 1350. The Kier molecular flexibility index (Phi) is 7.61. The number of rotatable bonds is 6. The average molecular weight is 521 g/mol. The zero-order valence-corrected chi connectivity index (χ0v) is 22.9. The van der Waals surface area contributed by atoms with Crippen molar-refractivity contribution in [3.05, 3.63) is 64.8 Å². The molecule has 8 heteroatoms. The van der Waals surface area contributed by atoms with Crippen molar-refractivity contribution in [1.29, 1.82) is 0 Å². The van der Waals surface area contributed by atoms with E-state index in [2.05, 4.69) is 45.5 Å². The van der Waals surface area contributed by atoms with Crippen molar-refractivity contribution in [3.63, 3.8) is 0 Å². The van der Waals surface area contributed by atoms with Gasteiger partial charge in [0.1, 0.15) is 0 Å². The van der Waals surface area contributed by atoms with E-state index in [1.54, 1.807) is 12.3 Å². The van der Waals surface area contributed by atoms with Gasteiger partial charge in [0.2, 0.25) is 5.91 Å². The number of aromatic nitrogens is 3. The first kappa shape index (κ1) is 26.1. The molecule has 5 rings (SSSR count). The molecule has 38 heavy (non-hydrogen) atoms. The van der Waals surface area contributed by atoms with Gasteiger partial charge >= 0.3 is 0 Å². The minimum atomic E-state index is -0.123. The van der Waals surface area contributed by atoms with Crippen LogP contribution >= 0.6 is 0 Å². The summed E-state index contributed by atoms with van der Waals surface area (Å²) in [6.07, 6.45) is 15.1. The number of pyridine rings is 1. The second kappa shape index (κ2) is 11.1. The minimum absolute atomic E-state index is 0. The summed E-state index contributed by atoms with van der Waals surface area (Å²) < 4.78 is 1.82. The van der Waals surface area contributed by atoms with Crippen LogP contribution in [-0.4, -0.2) is 51.1 Å². The molecule has 3 aliphatic rings. The molecular formula is C30H44N6O2. The number of likely N-dealkylation sites (tertiary alicyclic amines) is 1. The molecule has 0 aromatic carbocycles. The molecule has 1 unspecified atom stereocenters. The zero-order valence-electron chi connectivity index (χ0n) is 22.9. The summed E-state index contributed by atoms with van der Waals surface area (Å²) >= 11 is 0. The molecule has 2 aliphatic carbocycles. The van der Waals surface area contributed by atoms with Crippen LogP contribution in [0.15, 0.2) is 53.5 Å². The van der Waals surface area contributed by atoms with Crippen LogP contribution in [0.3, 0.4) is 0 Å². The third-order valence-corrected chi connectivity index (χ3v) is 7.89. The number of aryl methyl sites for hydroxylation is 2. The molecule has 1 aliphatic heterocycles. The van der Waals surface area contributed by atoms with E-state index in [1.807, 2.05) is 37.1 Å². The Hall–Kier alpha value is -3.52. The van der Waals surface area contributed by atoms with Crippen LogP contribution in [0, 0.1) is 18.8 Å². The zero-order chi connectivity index (χ0) is 26.8. The number of amides is 2. The summed E-state index contributed by atoms with van der Waals surface area (Å²) in [5, 5.41) is 10.3. The van der Waals surface area contributed by atoms with Gasteiger partial charge in [-0.2, -0.15) is 5.10 Å². The maximum Gasteiger partial charge on any atom is 0.251 e. The molecule has 2 atom stereocenters. The van der Waals surface area contributed by atoms with E-state index >= 15 is 0 Å². The van der Waals surface area contributed by atoms with Gasteiger partial charge in [0.15, 0.2) is 0 Å². The number of hydrogen-bond acceptors (Lipinski definition) is 5. The molecule has 206 valence electrons. The van der Waals surface area contributed by atoms with Crippen molar-refractivity contribution >= 4 is 28.8 Å². The Morgan fingerprint density at radius 2 is 2.00 bits per heavy atom. The van der Waals surface area contributed by atoms with E-state index in [0.717, 1.165) is 55.5 Å². The standard InChI is InChI=1S/C30H38N6O2.3H2/c1-19-6-5-9-36(16-19)18-29(37)33-26-13-28(21(3)31-15-26)34-30(38)27-12-24-11-23(25-14-32-35(4)17-25)8-7-22(24)10-20(27)2;;;/h11-15,17,19-20H,5-10,16,18H2,1-4H3,(H,33,37)(H,34,38);3*1H/t19-,20?;;;/m0.../s1. The highest BCUT2D eigenvalue weighted by atomic mass is 16.2. The van der Waals surface area contributed by atoms with E-state index in [9.17, 15) is 9.59 Å². The topological polar surface area (TPSA) is 92.2 Å². The molecule has 0 spiro atoms. The third kappa shape index (κ3) is 5.96. The Labute approximate surface area is 229 Å². The van der Waals surface area contributed by atoms with Crippen LogP contribution in [-0.2, 0) is 16.6 Å². The van der Waals surface area contributed by atoms with E-state index in [4.69, 9.17) is 0 Å². The number of anilines is 2. The number of piperidine rings is 1. The van der Waals surface area contributed by atoms with Crippen LogP contribution in [0.4, 0.5) is 11.4 Å². The minimum Gasteiger partial charge on any atom is -0.324 e. The van der Waals surface area contributed by atoms with Gasteiger partial charge in [-0.25, -0.2) is 0 Å². The normalized spacial score (nSPS) is 21.9. The van der Waals surface area contributed by atoms with E-state index < -0.39 is 0 Å². The number of carbonyl (C=O) groups excluding carboxylic acids is 2. The summed E-state index contributed by atoms with van der Waals surface area (Å²) in [4.78, 5) is 32.7. The molecule has 2 amide bonds. The van der Waals surface area contributed by atoms with Gasteiger partial charge in [-0.3, -0.25) is 24.2 Å². The smallest absolute Gasteiger partial charge is 0.251 e. The van der Waals surface area contributed by atoms with Crippen LogP contribution in [0.25, 0.3) is 5.57 Å². The molecule has 8 nitrogen and oxygen atoms in total. The fourth-order valence-electron chi connectivity index (χ4n) is 5.81. The molecule has 2 N–H and O–H groups in total. The van der Waals surface area contributed by atoms with Crippen LogP contribution in [0.1, 0.15) is 61.5 Å². The molecule has 0 bridgehead atoms. The largest absolute Gasteiger partial charge is 0.324 e. The van der Waals surface area contributed by atoms with E-state index in [0.29, 0.717) is 29.5 Å². The lowest BCUT2D eigenvalue weighted by Gasteiger charge is -2.30. The predicted molar refractivity (Wildman–Crippen MR) is 157 cm³/mol. The first-order chi connectivity index (χ1) is 18.2. The molecule has 0 radical (unpaired) electrons. The van der Waals surface area contributed by atoms with Crippen molar-refractivity contribution in [2.75, 3.05) is 30.3 Å². The van der Waals surface area contributed by atoms with Gasteiger partial charge in [-0.1, -0.05) is 25.5 Å². The molecular weight excluding hydrogens is 476 g/mol. The molecule has 2 aromatic heterocycles. The van der Waals surface area contributed by atoms with E-state index in [1.165, 1.54) is 17.6 Å². The monoisotopic (exact) mass is 520 g/mol. The lowest BCUT2D eigenvalue weighted by atomic mass is 9.78. The van der Waals surface area contributed by atoms with Gasteiger partial charge in [-0.05, 0) is 80.7 Å². The highest BCUT2D eigenvalue weighted by Crippen LogP contribution is 2.39. The number of carbonyl (C=O) groups is 2. The van der Waals surface area contributed by atoms with Gasteiger partial charge < -0.3 is 10.6 Å². The fourth-order valence-corrected chi connectivity index (χ4v) is 5.81. The quantitative estimate of drug-likeness (QED) is 0.516. The summed E-state index contributed by atoms with van der Waals surface area (Å²) in [5.41, 5.74) is 7.61. The second-order valence-corrected chi connectivity index (χ2v) is 11.2. The number of nitrogens with zero attached hydrogens (tertiary/aromatic N) is 4. The highest BCUT2D eigenvalue weighted by molar-refractivity contribution is 6.05. The first-order valence-corrected chi connectivity index (χ1v) is 13.7. The average Bonchev–Trinajstić information content (AvgIpc) is 3.31. The van der Waals surface area contributed by atoms with Crippen LogP contribution < -0.4 is 10.6 Å². The van der Waals surface area contributed by atoms with Gasteiger partial charge in [0.05, 0.1) is 36.0 Å². The molecule has 0 saturated carbocycles. The maximum atomic E-state index is 13.4. The van der Waals surface area contributed by atoms with Crippen molar-refractivity contribution in [2.45, 2.75) is 52.9 Å². The van der Waals surface area contributed by atoms with E-state index in [-0.39, 0.29) is 22.0 Å². The third-order valence-electron chi connectivity index (χ3n) is 7.89. The molecule has 1 saturated heterocycles. The Morgan fingerprint density at radius 3 is 2.76 bits per heavy atom. The summed E-state index contributed by atoms with van der Waals surface area (Å²) in [6, 6.07) is 1.80. The van der Waals surface area contributed by atoms with Crippen LogP contribution in [0.5, 0.6) is 0 Å². The second-order valence-electron chi connectivity index (χ2n) is 11.2. The summed E-state index contributed by atoms with van der Waals surface area (Å²) in [6.45, 7) is 8.47. The maximum absolute atomic E-state index is 13.4. The first-order valence-electron chi connectivity index (χ1n) is 13.7. The van der Waals surface area contributed by atoms with Gasteiger partial charge in [-0.15, -0.1) is 0 Å². The number of allylic oxidation sites excluding steroid dienone is 5. The number of hydrogen-bond donors (Lipinski definition) is 2. The summed E-state index contributed by atoms with van der Waals surface area (Å²) in [5.74, 6) is 0.569. The van der Waals surface area contributed by atoms with Crippen molar-refractivity contribution in [3.8, 4) is 0 Å². The molecule has 1 fully saturated rings. The molecule has 3 heterocycles.